The van der Waals surface area contributed by atoms with E-state index in [-0.39, 0.29) is 11.9 Å². The van der Waals surface area contributed by atoms with Gasteiger partial charge in [-0.05, 0) is 30.2 Å². The van der Waals surface area contributed by atoms with Gasteiger partial charge in [0.25, 0.3) is 5.95 Å². The summed E-state index contributed by atoms with van der Waals surface area (Å²) < 4.78 is 5.24. The molecule has 0 aliphatic carbocycles. The average molecular weight is 347 g/mol. The number of carbonyl (C=O) groups is 1. The van der Waals surface area contributed by atoms with E-state index in [0.29, 0.717) is 24.0 Å². The van der Waals surface area contributed by atoms with Crippen LogP contribution in [0, 0.1) is 0 Å². The van der Waals surface area contributed by atoms with Gasteiger partial charge in [-0.15, -0.1) is 10.2 Å². The first kappa shape index (κ1) is 16.0. The Bertz CT molecular complexity index is 1080. The van der Waals surface area contributed by atoms with Gasteiger partial charge in [-0.2, -0.15) is 4.98 Å². The average Bonchev–Trinajstić information content (AvgIpc) is 3.04. The fourth-order valence-corrected chi connectivity index (χ4v) is 2.82. The number of aryl methyl sites for hydroxylation is 1. The van der Waals surface area contributed by atoms with Crippen LogP contribution in [0.25, 0.3) is 22.1 Å². The Labute approximate surface area is 149 Å². The Balaban J connectivity index is 1.52. The SMILES string of the molecule is COc1ccc2[nH]c3nc(NC(=O)CCc4ccccc4)nnc3c2c1. The van der Waals surface area contributed by atoms with Crippen LogP contribution in [-0.2, 0) is 11.2 Å². The molecule has 0 atom stereocenters. The quantitative estimate of drug-likeness (QED) is 0.579. The number of nitrogens with zero attached hydrogens (tertiary/aromatic N) is 3. The summed E-state index contributed by atoms with van der Waals surface area (Å²) in [5, 5.41) is 11.8. The van der Waals surface area contributed by atoms with Gasteiger partial charge in [0, 0.05) is 17.3 Å². The van der Waals surface area contributed by atoms with E-state index >= 15 is 0 Å². The summed E-state index contributed by atoms with van der Waals surface area (Å²) in [6.07, 6.45) is 1.02. The van der Waals surface area contributed by atoms with Crippen LogP contribution in [0.3, 0.4) is 0 Å². The first-order valence-corrected chi connectivity index (χ1v) is 8.27. The number of fused-ring (bicyclic) bond motifs is 3. The van der Waals surface area contributed by atoms with Gasteiger partial charge in [-0.25, -0.2) is 0 Å². The van der Waals surface area contributed by atoms with Gasteiger partial charge in [0.05, 0.1) is 7.11 Å². The second-order valence-electron chi connectivity index (χ2n) is 5.90. The largest absolute Gasteiger partial charge is 0.497 e. The molecule has 7 heteroatoms. The Morgan fingerprint density at radius 1 is 1.15 bits per heavy atom. The van der Waals surface area contributed by atoms with E-state index in [1.807, 2.05) is 48.5 Å². The number of nitrogens with one attached hydrogen (secondary N) is 2. The van der Waals surface area contributed by atoms with Crippen molar-refractivity contribution in [2.45, 2.75) is 12.8 Å². The van der Waals surface area contributed by atoms with Crippen LogP contribution in [0.1, 0.15) is 12.0 Å². The van der Waals surface area contributed by atoms with E-state index in [1.54, 1.807) is 7.11 Å². The molecule has 1 amide bonds. The summed E-state index contributed by atoms with van der Waals surface area (Å²) in [7, 11) is 1.61. The molecule has 7 nitrogen and oxygen atoms in total. The highest BCUT2D eigenvalue weighted by Gasteiger charge is 2.12. The van der Waals surface area contributed by atoms with E-state index in [9.17, 15) is 4.79 Å². The molecule has 0 aliphatic heterocycles. The molecule has 0 radical (unpaired) electrons. The topological polar surface area (TPSA) is 92.8 Å². The molecule has 130 valence electrons. The molecular formula is C19H17N5O2. The van der Waals surface area contributed by atoms with Crippen molar-refractivity contribution in [2.75, 3.05) is 12.4 Å². The summed E-state index contributed by atoms with van der Waals surface area (Å²) in [5.74, 6) is 0.778. The van der Waals surface area contributed by atoms with Gasteiger partial charge in [0.15, 0.2) is 5.65 Å². The molecule has 0 aliphatic rings. The number of hydrogen-bond donors (Lipinski definition) is 2. The van der Waals surface area contributed by atoms with Crippen LogP contribution in [0.4, 0.5) is 5.95 Å². The second-order valence-corrected chi connectivity index (χ2v) is 5.90. The van der Waals surface area contributed by atoms with E-state index in [4.69, 9.17) is 4.74 Å². The number of methoxy groups -OCH3 is 1. The highest BCUT2D eigenvalue weighted by atomic mass is 16.5. The van der Waals surface area contributed by atoms with Gasteiger partial charge >= 0.3 is 0 Å². The molecule has 0 unspecified atom stereocenters. The Morgan fingerprint density at radius 3 is 2.81 bits per heavy atom. The number of aromatic amines is 1. The van der Waals surface area contributed by atoms with Crippen LogP contribution in [0.15, 0.2) is 48.5 Å². The third-order valence-electron chi connectivity index (χ3n) is 4.16. The van der Waals surface area contributed by atoms with Gasteiger partial charge in [-0.1, -0.05) is 30.3 Å². The summed E-state index contributed by atoms with van der Waals surface area (Å²) in [4.78, 5) is 19.7. The molecule has 2 N–H and O–H groups in total. The first-order valence-electron chi connectivity index (χ1n) is 8.27. The lowest BCUT2D eigenvalue weighted by atomic mass is 10.1. The summed E-state index contributed by atoms with van der Waals surface area (Å²) in [5.41, 5.74) is 3.21. The van der Waals surface area contributed by atoms with Crippen molar-refractivity contribution in [3.8, 4) is 5.75 Å². The van der Waals surface area contributed by atoms with E-state index in [1.165, 1.54) is 0 Å². The number of benzene rings is 2. The summed E-state index contributed by atoms with van der Waals surface area (Å²) in [6.45, 7) is 0. The maximum atomic E-state index is 12.1. The second kappa shape index (κ2) is 6.79. The molecule has 0 spiro atoms. The van der Waals surface area contributed by atoms with Gasteiger partial charge in [0.2, 0.25) is 5.91 Å². The molecule has 4 aromatic rings. The molecule has 0 saturated carbocycles. The fourth-order valence-electron chi connectivity index (χ4n) is 2.82. The smallest absolute Gasteiger partial charge is 0.251 e. The standard InChI is InChI=1S/C19H17N5O2/c1-26-13-8-9-15-14(11-13)17-18(20-15)22-19(24-23-17)21-16(25)10-7-12-5-3-2-4-6-12/h2-6,8-9,11H,7,10H2,1H3,(H2,20,21,22,24,25). The molecule has 0 saturated heterocycles. The van der Waals surface area contributed by atoms with E-state index in [2.05, 4.69) is 25.5 Å². The van der Waals surface area contributed by atoms with E-state index < -0.39 is 0 Å². The van der Waals surface area contributed by atoms with Crippen LogP contribution < -0.4 is 10.1 Å². The minimum absolute atomic E-state index is 0.146. The highest BCUT2D eigenvalue weighted by Crippen LogP contribution is 2.26. The molecule has 2 heterocycles. The number of rotatable bonds is 5. The van der Waals surface area contributed by atoms with Crippen molar-refractivity contribution in [1.82, 2.24) is 20.2 Å². The van der Waals surface area contributed by atoms with Crippen molar-refractivity contribution in [3.63, 3.8) is 0 Å². The third kappa shape index (κ3) is 3.19. The van der Waals surface area contributed by atoms with Crippen LogP contribution in [0.5, 0.6) is 5.75 Å². The number of H-pyrrole nitrogens is 1. The van der Waals surface area contributed by atoms with E-state index in [0.717, 1.165) is 22.2 Å². The highest BCUT2D eigenvalue weighted by molar-refractivity contribution is 6.04. The number of aromatic nitrogens is 4. The number of amides is 1. The lowest BCUT2D eigenvalue weighted by Gasteiger charge is -2.03. The third-order valence-corrected chi connectivity index (χ3v) is 4.16. The maximum absolute atomic E-state index is 12.1. The maximum Gasteiger partial charge on any atom is 0.251 e. The van der Waals surface area contributed by atoms with Crippen LogP contribution in [0.2, 0.25) is 0 Å². The van der Waals surface area contributed by atoms with Crippen molar-refractivity contribution in [3.05, 3.63) is 54.1 Å². The predicted molar refractivity (Wildman–Crippen MR) is 99.1 cm³/mol. The number of carbonyl (C=O) groups excluding carboxylic acids is 1. The Morgan fingerprint density at radius 2 is 2.00 bits per heavy atom. The molecule has 0 fully saturated rings. The molecule has 0 bridgehead atoms. The lowest BCUT2D eigenvalue weighted by Crippen LogP contribution is -2.15. The Kier molecular flexibility index (Phi) is 4.18. The zero-order valence-corrected chi connectivity index (χ0v) is 14.2. The monoisotopic (exact) mass is 347 g/mol. The molecule has 26 heavy (non-hydrogen) atoms. The van der Waals surface area contributed by atoms with Crippen LogP contribution >= 0.6 is 0 Å². The molecule has 4 rings (SSSR count). The van der Waals surface area contributed by atoms with Crippen molar-refractivity contribution in [2.24, 2.45) is 0 Å². The number of ether oxygens (including phenoxy) is 1. The van der Waals surface area contributed by atoms with Gasteiger partial charge in [-0.3, -0.25) is 10.1 Å². The summed E-state index contributed by atoms with van der Waals surface area (Å²) >= 11 is 0. The van der Waals surface area contributed by atoms with Gasteiger partial charge < -0.3 is 9.72 Å². The molecular weight excluding hydrogens is 330 g/mol. The number of hydrogen-bond acceptors (Lipinski definition) is 5. The predicted octanol–water partition coefficient (Wildman–Crippen LogP) is 3.09. The summed E-state index contributed by atoms with van der Waals surface area (Å²) in [6, 6.07) is 15.5. The van der Waals surface area contributed by atoms with Crippen molar-refractivity contribution in [1.29, 1.82) is 0 Å². The van der Waals surface area contributed by atoms with Crippen molar-refractivity contribution < 1.29 is 9.53 Å². The molecule has 2 aromatic carbocycles. The zero-order valence-electron chi connectivity index (χ0n) is 14.2. The minimum Gasteiger partial charge on any atom is -0.497 e. The number of anilines is 1. The first-order chi connectivity index (χ1) is 12.7. The Hall–Kier alpha value is -3.48. The minimum atomic E-state index is -0.146. The van der Waals surface area contributed by atoms with Crippen molar-refractivity contribution >= 4 is 33.9 Å². The normalized spacial score (nSPS) is 11.0. The lowest BCUT2D eigenvalue weighted by molar-refractivity contribution is -0.116. The van der Waals surface area contributed by atoms with Gasteiger partial charge in [0.1, 0.15) is 11.3 Å². The molecule has 2 aromatic heterocycles. The zero-order chi connectivity index (χ0) is 17.9. The fraction of sp³-hybridized carbons (Fsp3) is 0.158. The van der Waals surface area contributed by atoms with Crippen LogP contribution in [-0.4, -0.2) is 33.2 Å².